The molecule has 0 spiro atoms. The highest BCUT2D eigenvalue weighted by atomic mass is 79.9. The first kappa shape index (κ1) is 76.5. The third-order valence-corrected chi connectivity index (χ3v) is 18.3. The average Bonchev–Trinajstić information content (AvgIpc) is 1.46. The van der Waals surface area contributed by atoms with Gasteiger partial charge in [0.25, 0.3) is 23.6 Å². The number of rotatable bonds is 18. The zero-order valence-corrected chi connectivity index (χ0v) is 61.4. The number of imidazole rings is 4. The van der Waals surface area contributed by atoms with Crippen LogP contribution in [0.4, 0.5) is 17.6 Å². The first-order chi connectivity index (χ1) is 54.5. The molecule has 24 nitrogen and oxygen atoms in total. The smallest absolute Gasteiger partial charge is 0.358 e. The topological polar surface area (TPSA) is 348 Å². The number of aromatic nitrogens is 12. The number of carbonyl (C=O) groups excluding carboxylic acids is 6. The first-order valence-electron chi connectivity index (χ1n) is 34.3. The van der Waals surface area contributed by atoms with E-state index >= 15 is 0 Å². The number of halogens is 5. The van der Waals surface area contributed by atoms with Crippen molar-refractivity contribution in [3.8, 4) is 44.5 Å². The van der Waals surface area contributed by atoms with E-state index in [1.54, 1.807) is 107 Å². The van der Waals surface area contributed by atoms with Crippen molar-refractivity contribution in [1.82, 2.24) is 58.1 Å². The minimum Gasteiger partial charge on any atom is -0.464 e. The molecule has 0 aliphatic carbocycles. The number of fused-ring (bicyclic) bond motifs is 4. The molecule has 0 unspecified atom stereocenters. The van der Waals surface area contributed by atoms with Gasteiger partial charge in [0.15, 0.2) is 5.69 Å². The number of ether oxygens (including phenoxy) is 2. The fourth-order valence-electron chi connectivity index (χ4n) is 12.5. The van der Waals surface area contributed by atoms with Crippen LogP contribution in [0.2, 0.25) is 0 Å². The standard InChI is InChI=1S/2C22H17FN4O3.C20H14BrFN4O.C20H15FN4O/c1-30-22(29)20-10-25-12-27(20)11-13-2-7-16-17(14-3-5-15(23)6-4-14)9-19(21(24)28)26-18(16)8-13;1-30-22(29)20-11-27(12-25-20)10-13-2-7-16-17(14-3-5-15(23)6-4-14)9-19(21(24)28)26-18(16)8-13;21-19-10-26(11-24-19)9-12-1-6-15-16(13-2-4-14(22)5-3-13)8-18(20(23)27)25-17(15)7-12;21-15-4-2-14(3-5-15)17-10-19(20(22)26)24-18-9-13(1-6-16(17)18)11-25-8-7-23-12-25/h2-10,12H,11H2,1H3,(H2,24,28);2-9,11-12H,10H2,1H3,(H2,24,28);1-8,10-11H,9H2,(H2,23,27);1-10,12H,11H2,(H2,22,26). The largest absolute Gasteiger partial charge is 0.464 e. The lowest BCUT2D eigenvalue weighted by atomic mass is 9.98. The molecule has 0 aliphatic rings. The first-order valence-corrected chi connectivity index (χ1v) is 35.1. The molecule has 8 heterocycles. The number of nitrogens with zero attached hydrogens (tertiary/aromatic N) is 12. The Morgan fingerprint density at radius 3 is 1.03 bits per heavy atom. The number of benzene rings is 8. The van der Waals surface area contributed by atoms with E-state index in [1.165, 1.54) is 81.6 Å². The molecular formula is C84H63BrF4N16O8. The van der Waals surface area contributed by atoms with Gasteiger partial charge in [-0.2, -0.15) is 0 Å². The van der Waals surface area contributed by atoms with Gasteiger partial charge >= 0.3 is 11.9 Å². The molecule has 113 heavy (non-hydrogen) atoms. The molecule has 0 saturated heterocycles. The van der Waals surface area contributed by atoms with Gasteiger partial charge in [-0.3, -0.25) is 19.2 Å². The molecule has 16 rings (SSSR count). The Kier molecular flexibility index (Phi) is 22.9. The van der Waals surface area contributed by atoms with Crippen molar-refractivity contribution in [1.29, 1.82) is 0 Å². The van der Waals surface area contributed by atoms with Gasteiger partial charge in [-0.25, -0.2) is 67.0 Å². The lowest BCUT2D eigenvalue weighted by Crippen LogP contribution is -2.13. The van der Waals surface area contributed by atoms with Crippen molar-refractivity contribution < 1.29 is 55.8 Å². The highest BCUT2D eigenvalue weighted by molar-refractivity contribution is 9.10. The lowest BCUT2D eigenvalue weighted by Gasteiger charge is -2.11. The molecule has 0 aliphatic heterocycles. The Balaban J connectivity index is 0.000000132. The van der Waals surface area contributed by atoms with Gasteiger partial charge in [0.05, 0.1) is 67.8 Å². The molecule has 0 fully saturated rings. The van der Waals surface area contributed by atoms with E-state index in [4.69, 9.17) is 27.7 Å². The molecule has 4 amide bonds. The highest BCUT2D eigenvalue weighted by Crippen LogP contribution is 2.35. The number of pyridine rings is 4. The maximum absolute atomic E-state index is 13.3. The van der Waals surface area contributed by atoms with E-state index in [0.717, 1.165) is 92.9 Å². The van der Waals surface area contributed by atoms with Crippen LogP contribution in [0, 0.1) is 23.3 Å². The minimum atomic E-state index is -0.659. The molecule has 0 saturated carbocycles. The molecule has 16 aromatic rings. The maximum Gasteiger partial charge on any atom is 0.358 e. The van der Waals surface area contributed by atoms with Crippen LogP contribution in [0.1, 0.15) is 85.2 Å². The van der Waals surface area contributed by atoms with Crippen LogP contribution in [0.3, 0.4) is 0 Å². The van der Waals surface area contributed by atoms with E-state index in [1.807, 2.05) is 94.3 Å². The van der Waals surface area contributed by atoms with Gasteiger partial charge in [-0.05, 0) is 180 Å². The second-order valence-electron chi connectivity index (χ2n) is 25.5. The quantitative estimate of drug-likeness (QED) is 0.0458. The summed E-state index contributed by atoms with van der Waals surface area (Å²) in [4.78, 5) is 104. The van der Waals surface area contributed by atoms with Crippen LogP contribution in [0.15, 0.2) is 255 Å². The van der Waals surface area contributed by atoms with Crippen LogP contribution >= 0.6 is 15.9 Å². The van der Waals surface area contributed by atoms with Crippen LogP contribution in [-0.4, -0.2) is 108 Å². The van der Waals surface area contributed by atoms with E-state index in [9.17, 15) is 46.3 Å². The van der Waals surface area contributed by atoms with Crippen LogP contribution in [0.25, 0.3) is 88.1 Å². The molecule has 562 valence electrons. The zero-order valence-electron chi connectivity index (χ0n) is 59.8. The Bertz CT molecular complexity index is 6300. The van der Waals surface area contributed by atoms with Crippen molar-refractivity contribution in [3.05, 3.63) is 335 Å². The van der Waals surface area contributed by atoms with Gasteiger partial charge in [0, 0.05) is 72.5 Å². The molecule has 0 radical (unpaired) electrons. The predicted octanol–water partition coefficient (Wildman–Crippen LogP) is 13.9. The molecule has 29 heteroatoms. The summed E-state index contributed by atoms with van der Waals surface area (Å²) in [6.07, 6.45) is 15.0. The Morgan fingerprint density at radius 2 is 0.708 bits per heavy atom. The molecule has 8 N–H and O–H groups in total. The van der Waals surface area contributed by atoms with Crippen molar-refractivity contribution in [2.45, 2.75) is 26.2 Å². The molecule has 0 bridgehead atoms. The van der Waals surface area contributed by atoms with Gasteiger partial charge in [0.2, 0.25) is 0 Å². The Morgan fingerprint density at radius 1 is 0.372 bits per heavy atom. The van der Waals surface area contributed by atoms with Gasteiger partial charge in [-0.15, -0.1) is 0 Å². The average molecular weight is 1580 g/mol. The third kappa shape index (κ3) is 18.2. The van der Waals surface area contributed by atoms with E-state index in [0.29, 0.717) is 53.9 Å². The Labute approximate surface area is 648 Å². The van der Waals surface area contributed by atoms with Gasteiger partial charge < -0.3 is 50.7 Å². The molecule has 0 atom stereocenters. The van der Waals surface area contributed by atoms with Crippen molar-refractivity contribution in [2.75, 3.05) is 14.2 Å². The van der Waals surface area contributed by atoms with Crippen LogP contribution in [0.5, 0.6) is 0 Å². The van der Waals surface area contributed by atoms with Crippen molar-refractivity contribution in [2.24, 2.45) is 22.9 Å². The zero-order chi connectivity index (χ0) is 79.6. The summed E-state index contributed by atoms with van der Waals surface area (Å²) in [7, 11) is 2.60. The summed E-state index contributed by atoms with van der Waals surface area (Å²) in [5.74, 6) is -4.84. The summed E-state index contributed by atoms with van der Waals surface area (Å²) >= 11 is 3.33. The normalized spacial score (nSPS) is 10.9. The second kappa shape index (κ2) is 33.8. The molecular weight excluding hydrogens is 1520 g/mol. The van der Waals surface area contributed by atoms with E-state index in [-0.39, 0.29) is 51.7 Å². The van der Waals surface area contributed by atoms with Gasteiger partial charge in [-0.1, -0.05) is 97.1 Å². The lowest BCUT2D eigenvalue weighted by molar-refractivity contribution is 0.0582. The summed E-state index contributed by atoms with van der Waals surface area (Å²) < 4.78 is 70.7. The van der Waals surface area contributed by atoms with Gasteiger partial charge in [0.1, 0.15) is 56.3 Å². The summed E-state index contributed by atoms with van der Waals surface area (Å²) in [5, 5.41) is 3.32. The number of hydrogen-bond donors (Lipinski definition) is 4. The fourth-order valence-corrected chi connectivity index (χ4v) is 12.8. The van der Waals surface area contributed by atoms with Crippen molar-refractivity contribution >= 4 is 95.1 Å². The van der Waals surface area contributed by atoms with Crippen LogP contribution < -0.4 is 22.9 Å². The Hall–Kier alpha value is -14.7. The monoisotopic (exact) mass is 1580 g/mol. The number of amides is 4. The number of nitrogens with two attached hydrogens (primary N) is 4. The van der Waals surface area contributed by atoms with Crippen LogP contribution in [-0.2, 0) is 35.7 Å². The summed E-state index contributed by atoms with van der Waals surface area (Å²) in [6.45, 7) is 2.05. The van der Waals surface area contributed by atoms with Crippen molar-refractivity contribution in [3.63, 3.8) is 0 Å². The number of hydrogen-bond acceptors (Lipinski definition) is 16. The second-order valence-corrected chi connectivity index (χ2v) is 26.3. The maximum atomic E-state index is 13.3. The van der Waals surface area contributed by atoms with E-state index < -0.39 is 35.6 Å². The summed E-state index contributed by atoms with van der Waals surface area (Å²) in [5.41, 5.74) is 35.3. The highest BCUT2D eigenvalue weighted by Gasteiger charge is 2.20. The molecule has 8 aromatic carbocycles. The minimum absolute atomic E-state index is 0.108. The number of primary amides is 4. The number of carbonyl (C=O) groups is 6. The predicted molar refractivity (Wildman–Crippen MR) is 418 cm³/mol. The number of methoxy groups -OCH3 is 2. The fraction of sp³-hybridized carbons (Fsp3) is 0.0714. The molecule has 8 aromatic heterocycles. The SMILES string of the molecule is COC(=O)c1cn(Cc2ccc3c(-c4ccc(F)cc4)cc(C(N)=O)nc3c2)cn1.COC(=O)c1cncn1Cc1ccc2c(-c3ccc(F)cc3)cc(C(N)=O)nc2c1.NC(=O)c1cc(-c2ccc(F)cc2)c2ccc(Cn3ccnc3)cc2n1.NC(=O)c1cc(-c2ccc(F)cc2)c2ccc(Cn3cnc(Br)c3)cc2n1. The summed E-state index contributed by atoms with van der Waals surface area (Å²) in [6, 6.07) is 53.7. The number of esters is 2. The third-order valence-electron chi connectivity index (χ3n) is 17.9. The van der Waals surface area contributed by atoms with E-state index in [2.05, 4.69) is 60.5 Å².